The highest BCUT2D eigenvalue weighted by Gasteiger charge is 2.34. The molecule has 24 heavy (non-hydrogen) atoms. The van der Waals surface area contributed by atoms with Crippen LogP contribution in [-0.4, -0.2) is 51.3 Å². The molecule has 0 bridgehead atoms. The Balaban J connectivity index is 1.53. The molecule has 0 unspecified atom stereocenters. The molecular formula is C17H22N4O3. The molecule has 7 heteroatoms. The molecule has 128 valence electrons. The summed E-state index contributed by atoms with van der Waals surface area (Å²) in [7, 11) is 0. The third-order valence-corrected chi connectivity index (χ3v) is 4.44. The van der Waals surface area contributed by atoms with Crippen molar-refractivity contribution in [3.63, 3.8) is 0 Å². The van der Waals surface area contributed by atoms with E-state index in [-0.39, 0.29) is 12.6 Å². The van der Waals surface area contributed by atoms with Crippen LogP contribution in [0.3, 0.4) is 0 Å². The van der Waals surface area contributed by atoms with Crippen molar-refractivity contribution in [1.29, 1.82) is 0 Å². The molecule has 1 saturated carbocycles. The van der Waals surface area contributed by atoms with Gasteiger partial charge in [0.05, 0.1) is 6.54 Å². The van der Waals surface area contributed by atoms with E-state index in [2.05, 4.69) is 15.5 Å². The zero-order valence-electron chi connectivity index (χ0n) is 13.9. The van der Waals surface area contributed by atoms with Crippen LogP contribution in [0.25, 0.3) is 11.4 Å². The van der Waals surface area contributed by atoms with Gasteiger partial charge in [-0.2, -0.15) is 4.98 Å². The third-order valence-electron chi connectivity index (χ3n) is 4.44. The van der Waals surface area contributed by atoms with E-state index in [4.69, 9.17) is 9.63 Å². The number of aromatic nitrogens is 2. The van der Waals surface area contributed by atoms with Crippen molar-refractivity contribution < 1.29 is 14.4 Å². The van der Waals surface area contributed by atoms with E-state index in [0.717, 1.165) is 24.9 Å². The molecule has 0 atom stereocenters. The number of aliphatic carboxylic acids is 1. The summed E-state index contributed by atoms with van der Waals surface area (Å²) in [4.78, 5) is 17.2. The van der Waals surface area contributed by atoms with Crippen molar-refractivity contribution in [3.05, 3.63) is 29.8 Å². The molecule has 0 saturated heterocycles. The Morgan fingerprint density at radius 3 is 2.71 bits per heavy atom. The van der Waals surface area contributed by atoms with Gasteiger partial charge in [0.1, 0.15) is 0 Å². The summed E-state index contributed by atoms with van der Waals surface area (Å²) in [6.45, 7) is 4.84. The number of carboxylic acid groups (broad SMARTS) is 1. The maximum atomic E-state index is 10.9. The third kappa shape index (κ3) is 3.73. The summed E-state index contributed by atoms with van der Waals surface area (Å²) in [5, 5.41) is 16.2. The van der Waals surface area contributed by atoms with Gasteiger partial charge in [-0.1, -0.05) is 41.9 Å². The van der Waals surface area contributed by atoms with Crippen molar-refractivity contribution in [1.82, 2.24) is 15.0 Å². The molecule has 1 fully saturated rings. The van der Waals surface area contributed by atoms with Crippen LogP contribution < -0.4 is 5.32 Å². The van der Waals surface area contributed by atoms with Gasteiger partial charge in [0.25, 0.3) is 0 Å². The summed E-state index contributed by atoms with van der Waals surface area (Å²) >= 11 is 0. The van der Waals surface area contributed by atoms with Gasteiger partial charge in [-0.25, -0.2) is 0 Å². The van der Waals surface area contributed by atoms with Crippen LogP contribution in [0.4, 0.5) is 6.01 Å². The normalized spacial score (nSPS) is 20.0. The molecule has 0 aliphatic heterocycles. The van der Waals surface area contributed by atoms with Gasteiger partial charge >= 0.3 is 12.0 Å². The molecule has 2 N–H and O–H groups in total. The second kappa shape index (κ2) is 7.00. The first kappa shape index (κ1) is 16.4. The maximum absolute atomic E-state index is 10.9. The number of nitrogens with one attached hydrogen (secondary N) is 1. The minimum Gasteiger partial charge on any atom is -0.480 e. The Morgan fingerprint density at radius 1 is 1.38 bits per heavy atom. The average Bonchev–Trinajstić information content (AvgIpc) is 2.97. The zero-order valence-corrected chi connectivity index (χ0v) is 13.9. The minimum atomic E-state index is -0.784. The van der Waals surface area contributed by atoms with Crippen LogP contribution in [0, 0.1) is 6.92 Å². The van der Waals surface area contributed by atoms with E-state index in [1.165, 1.54) is 5.56 Å². The fourth-order valence-corrected chi connectivity index (χ4v) is 2.95. The molecule has 1 aliphatic rings. The number of carboxylic acids is 1. The number of benzene rings is 1. The molecule has 0 radical (unpaired) electrons. The van der Waals surface area contributed by atoms with Crippen LogP contribution in [0.1, 0.15) is 25.3 Å². The van der Waals surface area contributed by atoms with E-state index in [1.807, 2.05) is 43.0 Å². The Kier molecular flexibility index (Phi) is 4.80. The molecule has 0 amide bonds. The molecular weight excluding hydrogens is 308 g/mol. The Labute approximate surface area is 140 Å². The van der Waals surface area contributed by atoms with Gasteiger partial charge in [0.2, 0.25) is 5.82 Å². The topological polar surface area (TPSA) is 91.5 Å². The number of aryl methyl sites for hydroxylation is 1. The lowest BCUT2D eigenvalue weighted by atomic mass is 9.85. The second-order valence-corrected chi connectivity index (χ2v) is 6.21. The first-order valence-electron chi connectivity index (χ1n) is 8.18. The molecule has 1 heterocycles. The number of nitrogens with zero attached hydrogens (tertiary/aromatic N) is 3. The van der Waals surface area contributed by atoms with Gasteiger partial charge in [-0.15, -0.1) is 0 Å². The molecule has 0 spiro atoms. The Morgan fingerprint density at radius 2 is 2.08 bits per heavy atom. The van der Waals surface area contributed by atoms with E-state index >= 15 is 0 Å². The van der Waals surface area contributed by atoms with Gasteiger partial charge in [-0.3, -0.25) is 9.69 Å². The highest BCUT2D eigenvalue weighted by molar-refractivity contribution is 5.69. The van der Waals surface area contributed by atoms with Gasteiger partial charge in [-0.05, 0) is 26.3 Å². The molecule has 7 nitrogen and oxygen atoms in total. The lowest BCUT2D eigenvalue weighted by Gasteiger charge is -2.41. The summed E-state index contributed by atoms with van der Waals surface area (Å²) in [6, 6.07) is 8.90. The fraction of sp³-hybridized carbons (Fsp3) is 0.471. The number of rotatable bonds is 7. The van der Waals surface area contributed by atoms with Gasteiger partial charge in [0, 0.05) is 17.6 Å². The van der Waals surface area contributed by atoms with Crippen molar-refractivity contribution in [2.24, 2.45) is 0 Å². The van der Waals surface area contributed by atoms with Crippen molar-refractivity contribution in [2.45, 2.75) is 38.8 Å². The van der Waals surface area contributed by atoms with E-state index in [0.29, 0.717) is 17.9 Å². The van der Waals surface area contributed by atoms with Crippen LogP contribution in [0.2, 0.25) is 0 Å². The predicted octanol–water partition coefficient (Wildman–Crippen LogP) is 2.39. The number of hydrogen-bond acceptors (Lipinski definition) is 6. The number of likely N-dealkylation sites (N-methyl/N-ethyl adjacent to an activating group) is 1. The van der Waals surface area contributed by atoms with Gasteiger partial charge < -0.3 is 14.9 Å². The highest BCUT2D eigenvalue weighted by atomic mass is 16.5. The van der Waals surface area contributed by atoms with E-state index in [9.17, 15) is 4.79 Å². The van der Waals surface area contributed by atoms with E-state index in [1.54, 1.807) is 0 Å². The molecule has 1 aliphatic carbocycles. The second-order valence-electron chi connectivity index (χ2n) is 6.21. The maximum Gasteiger partial charge on any atom is 0.322 e. The first-order valence-corrected chi connectivity index (χ1v) is 8.18. The Bertz CT molecular complexity index is 692. The monoisotopic (exact) mass is 330 g/mol. The summed E-state index contributed by atoms with van der Waals surface area (Å²) in [5.41, 5.74) is 2.10. The van der Waals surface area contributed by atoms with Crippen LogP contribution in [0.5, 0.6) is 0 Å². The predicted molar refractivity (Wildman–Crippen MR) is 89.8 cm³/mol. The van der Waals surface area contributed by atoms with E-state index < -0.39 is 5.97 Å². The van der Waals surface area contributed by atoms with Gasteiger partial charge in [0.15, 0.2) is 0 Å². The molecule has 1 aromatic carbocycles. The smallest absolute Gasteiger partial charge is 0.322 e. The fourth-order valence-electron chi connectivity index (χ4n) is 2.95. The average molecular weight is 330 g/mol. The standard InChI is InChI=1S/C17H22N4O3/c1-3-21(10-15(22)23)14-8-13(9-14)18-17-19-16(20-24-17)12-6-4-11(2)5-7-12/h4-7,13-14H,3,8-10H2,1-2H3,(H,22,23)(H,18,19,20). The van der Waals surface area contributed by atoms with Crippen molar-refractivity contribution in [3.8, 4) is 11.4 Å². The lowest BCUT2D eigenvalue weighted by Crippen LogP contribution is -2.51. The lowest BCUT2D eigenvalue weighted by molar-refractivity contribution is -0.139. The summed E-state index contributed by atoms with van der Waals surface area (Å²) in [6.07, 6.45) is 1.76. The summed E-state index contributed by atoms with van der Waals surface area (Å²) < 4.78 is 5.26. The SMILES string of the molecule is CCN(CC(=O)O)C1CC(Nc2nc(-c3ccc(C)cc3)no2)C1. The molecule has 2 aromatic rings. The first-order chi connectivity index (χ1) is 11.5. The van der Waals surface area contributed by atoms with Crippen molar-refractivity contribution >= 4 is 12.0 Å². The minimum absolute atomic E-state index is 0.0893. The van der Waals surface area contributed by atoms with Crippen LogP contribution >= 0.6 is 0 Å². The molecule has 1 aromatic heterocycles. The zero-order chi connectivity index (χ0) is 17.1. The number of carbonyl (C=O) groups is 1. The number of hydrogen-bond donors (Lipinski definition) is 2. The summed E-state index contributed by atoms with van der Waals surface area (Å²) in [5.74, 6) is -0.220. The largest absolute Gasteiger partial charge is 0.480 e. The molecule has 3 rings (SSSR count). The Hall–Kier alpha value is -2.41. The van der Waals surface area contributed by atoms with Crippen LogP contribution in [0.15, 0.2) is 28.8 Å². The van der Waals surface area contributed by atoms with Crippen LogP contribution in [-0.2, 0) is 4.79 Å². The van der Waals surface area contributed by atoms with Crippen molar-refractivity contribution in [2.75, 3.05) is 18.4 Å². The number of anilines is 1. The highest BCUT2D eigenvalue weighted by Crippen LogP contribution is 2.28. The quantitative estimate of drug-likeness (QED) is 0.805.